The fourth-order valence-corrected chi connectivity index (χ4v) is 9.21. The van der Waals surface area contributed by atoms with Crippen LogP contribution in [-0.4, -0.2) is 18.0 Å². The summed E-state index contributed by atoms with van der Waals surface area (Å²) in [4.78, 5) is 10.5. The molecule has 0 aromatic heterocycles. The molecule has 0 aliphatic rings. The molecule has 3 rings (SSSR count). The zero-order chi connectivity index (χ0) is 51.1. The van der Waals surface area contributed by atoms with E-state index in [1.807, 2.05) is 0 Å². The maximum Gasteiger partial charge on any atom is 2.00 e. The molecule has 0 fully saturated rings. The molecule has 0 unspecified atom stereocenters. The Morgan fingerprint density at radius 1 is 0.431 bits per heavy atom. The average molecular weight is 1030 g/mol. The molecule has 0 saturated carbocycles. The first kappa shape index (κ1) is 66.6. The minimum atomic E-state index is -0.432. The number of nitrogens with zero attached hydrogens (tertiary/aromatic N) is 2. The Bertz CT molecular complexity index is 1750. The van der Waals surface area contributed by atoms with E-state index in [1.165, 1.54) is 229 Å². The first-order valence-electron chi connectivity index (χ1n) is 30.2. The topological polar surface area (TPSA) is 82.9 Å². The maximum atomic E-state index is 11.4. The fraction of sp³-hybridized carbons (Fsp3) is 0.667. The van der Waals surface area contributed by atoms with Gasteiger partial charge in [-0.2, -0.15) is 0 Å². The number of allylic oxidation sites excluding steroid dienone is 2. The van der Waals surface area contributed by atoms with Crippen molar-refractivity contribution in [1.29, 1.82) is 0 Å². The molecule has 408 valence electrons. The van der Waals surface area contributed by atoms with Crippen molar-refractivity contribution in [1.82, 2.24) is 0 Å². The quantitative estimate of drug-likeness (QED) is 0.0348. The third-order valence-corrected chi connectivity index (χ3v) is 13.9. The second-order valence-electron chi connectivity index (χ2n) is 20.6. The van der Waals surface area contributed by atoms with Crippen LogP contribution in [0.15, 0.2) is 88.9 Å². The van der Waals surface area contributed by atoms with Gasteiger partial charge in [-0.05, 0) is 105 Å². The standard InChI is InChI=1S/C52H86N2.C14H23NO2.Ni/c1-5-9-13-16-19-21-23-25-27-29-32-35-47-39-43-49(44-40-47)53-51(37-12-8-4)52(38-34-31-18-15-11-7-3)54-50-45-41-48(42-46-50)36-33-30-28-26-24-22-20-17-14-10-6-2;1-2-3-4-5-6-7-11-15-12-9-8-10-13(16)14(12)17;/h34,38-46H,5-33,35-37H2,1-4H3;8-10,15-17H,2-7,11H2,1H3;/q;;+2/p-2. The van der Waals surface area contributed by atoms with Crippen LogP contribution in [0.5, 0.6) is 11.5 Å². The van der Waals surface area contributed by atoms with E-state index in [0.717, 1.165) is 61.4 Å². The number of rotatable bonds is 44. The summed E-state index contributed by atoms with van der Waals surface area (Å²) in [6.45, 7) is 12.1. The molecule has 0 amide bonds. The molecule has 0 aliphatic heterocycles. The molecule has 0 spiro atoms. The Hall–Kier alpha value is -3.37. The van der Waals surface area contributed by atoms with Gasteiger partial charge in [-0.25, -0.2) is 4.99 Å². The smallest absolute Gasteiger partial charge is 0.873 e. The van der Waals surface area contributed by atoms with Crippen molar-refractivity contribution in [3.05, 3.63) is 90.0 Å². The monoisotopic (exact) mass is 1030 g/mol. The second kappa shape index (κ2) is 48.6. The summed E-state index contributed by atoms with van der Waals surface area (Å²) in [5, 5.41) is 25.5. The van der Waals surface area contributed by atoms with Crippen LogP contribution in [0.3, 0.4) is 0 Å². The Kier molecular flexibility index (Phi) is 45.0. The van der Waals surface area contributed by atoms with E-state index in [4.69, 9.17) is 9.98 Å². The third-order valence-electron chi connectivity index (χ3n) is 13.9. The molecule has 0 atom stereocenters. The van der Waals surface area contributed by atoms with Crippen LogP contribution in [0.2, 0.25) is 0 Å². The Morgan fingerprint density at radius 3 is 1.26 bits per heavy atom. The van der Waals surface area contributed by atoms with Gasteiger partial charge in [0.1, 0.15) is 0 Å². The molecule has 3 aromatic rings. The number of hydrogen-bond donors (Lipinski definition) is 1. The number of anilines is 1. The number of unbranched alkanes of at least 4 members (excludes halogenated alkanes) is 30. The normalized spacial score (nSPS) is 11.7. The first-order valence-corrected chi connectivity index (χ1v) is 30.2. The molecule has 0 bridgehead atoms. The number of aryl methyl sites for hydroxylation is 2. The van der Waals surface area contributed by atoms with E-state index in [-0.39, 0.29) is 16.5 Å². The van der Waals surface area contributed by atoms with E-state index in [9.17, 15) is 10.2 Å². The van der Waals surface area contributed by atoms with E-state index >= 15 is 0 Å². The summed E-state index contributed by atoms with van der Waals surface area (Å²) < 4.78 is 0. The molecular formula is C66H107N3NiO2. The molecule has 0 heterocycles. The summed E-state index contributed by atoms with van der Waals surface area (Å²) in [5.41, 5.74) is 7.54. The summed E-state index contributed by atoms with van der Waals surface area (Å²) >= 11 is 0. The van der Waals surface area contributed by atoms with E-state index in [2.05, 4.69) is 101 Å². The van der Waals surface area contributed by atoms with Crippen LogP contribution in [0.25, 0.3) is 0 Å². The minimum Gasteiger partial charge on any atom is -0.873 e. The van der Waals surface area contributed by atoms with E-state index < -0.39 is 11.5 Å². The molecule has 0 aliphatic carbocycles. The molecular weight excluding hydrogens is 925 g/mol. The molecule has 6 heteroatoms. The van der Waals surface area contributed by atoms with Gasteiger partial charge < -0.3 is 15.5 Å². The number of benzene rings is 3. The number of hydrogen-bond acceptors (Lipinski definition) is 5. The average Bonchev–Trinajstić information content (AvgIpc) is 3.38. The molecule has 1 N–H and O–H groups in total. The Labute approximate surface area is 454 Å². The molecule has 3 aromatic carbocycles. The predicted molar refractivity (Wildman–Crippen MR) is 312 cm³/mol. The summed E-state index contributed by atoms with van der Waals surface area (Å²) in [5.74, 6) is -0.851. The summed E-state index contributed by atoms with van der Waals surface area (Å²) in [6.07, 6.45) is 54.4. The van der Waals surface area contributed by atoms with Crippen LogP contribution in [-0.2, 0) is 29.3 Å². The van der Waals surface area contributed by atoms with Crippen LogP contribution < -0.4 is 15.5 Å². The Morgan fingerprint density at radius 2 is 0.819 bits per heavy atom. The van der Waals surface area contributed by atoms with Crippen molar-refractivity contribution in [2.45, 2.75) is 279 Å². The van der Waals surface area contributed by atoms with Gasteiger partial charge in [0, 0.05) is 12.2 Å². The second-order valence-corrected chi connectivity index (χ2v) is 20.6. The number of para-hydroxylation sites is 1. The van der Waals surface area contributed by atoms with Crippen molar-refractivity contribution in [2.75, 3.05) is 11.9 Å². The number of aliphatic imine (C=N–C) groups is 2. The van der Waals surface area contributed by atoms with Crippen LogP contribution in [0, 0.1) is 0 Å². The van der Waals surface area contributed by atoms with E-state index in [1.54, 1.807) is 12.1 Å². The number of nitrogens with one attached hydrogen (secondary N) is 1. The maximum absolute atomic E-state index is 11.4. The molecule has 5 nitrogen and oxygen atoms in total. The van der Waals surface area contributed by atoms with Gasteiger partial charge in [0.25, 0.3) is 0 Å². The largest absolute Gasteiger partial charge is 2.00 e. The van der Waals surface area contributed by atoms with Crippen LogP contribution in [0.4, 0.5) is 17.1 Å². The molecule has 72 heavy (non-hydrogen) atoms. The zero-order valence-electron chi connectivity index (χ0n) is 47.1. The third kappa shape index (κ3) is 35.7. The van der Waals surface area contributed by atoms with Gasteiger partial charge in [-0.15, -0.1) is 5.75 Å². The van der Waals surface area contributed by atoms with Crippen molar-refractivity contribution < 1.29 is 26.7 Å². The van der Waals surface area contributed by atoms with Gasteiger partial charge in [0.05, 0.1) is 22.8 Å². The SMILES string of the molecule is CCCCCCC=CC(=Nc1ccc(CCCCCCCCCCCCC)cc1)C(CCCC)=Nc1ccc(CCCCCCCCCCCCC)cc1.CCCCCCCCNc1cccc([O-])c1[O-].[Ni+2]. The minimum absolute atomic E-state index is 0. The molecule has 0 radical (unpaired) electrons. The van der Waals surface area contributed by atoms with Crippen molar-refractivity contribution in [2.24, 2.45) is 9.98 Å². The van der Waals surface area contributed by atoms with Crippen LogP contribution >= 0.6 is 0 Å². The Balaban J connectivity index is 0.00000121. The van der Waals surface area contributed by atoms with Gasteiger partial charge in [-0.3, -0.25) is 4.99 Å². The molecule has 0 saturated heterocycles. The summed E-state index contributed by atoms with van der Waals surface area (Å²) in [6, 6.07) is 22.7. The first-order chi connectivity index (χ1) is 34.9. The van der Waals surface area contributed by atoms with Crippen molar-refractivity contribution in [3.63, 3.8) is 0 Å². The van der Waals surface area contributed by atoms with E-state index in [0.29, 0.717) is 5.69 Å². The fourth-order valence-electron chi connectivity index (χ4n) is 9.21. The van der Waals surface area contributed by atoms with Crippen LogP contribution in [0.1, 0.15) is 277 Å². The van der Waals surface area contributed by atoms with Gasteiger partial charge in [0.15, 0.2) is 0 Å². The van der Waals surface area contributed by atoms with Gasteiger partial charge in [0.2, 0.25) is 0 Å². The predicted octanol–water partition coefficient (Wildman–Crippen LogP) is 20.6. The van der Waals surface area contributed by atoms with Crippen molar-refractivity contribution in [3.8, 4) is 11.5 Å². The van der Waals surface area contributed by atoms with Gasteiger partial charge >= 0.3 is 16.5 Å². The van der Waals surface area contributed by atoms with Crippen molar-refractivity contribution >= 4 is 28.5 Å². The summed E-state index contributed by atoms with van der Waals surface area (Å²) in [7, 11) is 0. The zero-order valence-corrected chi connectivity index (χ0v) is 48.1. The van der Waals surface area contributed by atoms with Gasteiger partial charge in [-0.1, -0.05) is 269 Å².